The normalized spacial score (nSPS) is 26.8. The molecule has 0 N–H and O–H groups in total. The summed E-state index contributed by atoms with van der Waals surface area (Å²) >= 11 is 1.52. The van der Waals surface area contributed by atoms with Gasteiger partial charge in [0.25, 0.3) is 0 Å². The Hall–Kier alpha value is -0.760. The predicted octanol–water partition coefficient (Wildman–Crippen LogP) is 3.95. The highest BCUT2D eigenvalue weighted by atomic mass is 32.2. The molecule has 2 heteroatoms. The summed E-state index contributed by atoms with van der Waals surface area (Å²) in [5, 5.41) is 0. The Morgan fingerprint density at radius 2 is 2.08 bits per heavy atom. The van der Waals surface area contributed by atoms with Crippen LogP contribution in [0.1, 0.15) is 13.8 Å². The molecule has 0 saturated heterocycles. The van der Waals surface area contributed by atoms with Crippen LogP contribution in [0.25, 0.3) is 0 Å². The zero-order valence-corrected chi connectivity index (χ0v) is 8.49. The first-order chi connectivity index (χ1) is 6.16. The summed E-state index contributed by atoms with van der Waals surface area (Å²) in [6.45, 7) is 3.83. The molecule has 68 valence electrons. The summed E-state index contributed by atoms with van der Waals surface area (Å²) in [5.74, 6) is 0.204. The maximum absolute atomic E-state index is 13.6. The molecule has 1 heterocycles. The molecule has 0 nitrogen and oxygen atoms in total. The van der Waals surface area contributed by atoms with Gasteiger partial charge in [0, 0.05) is 10.8 Å². The lowest BCUT2D eigenvalue weighted by molar-refractivity contribution is 0.654. The third-order valence-corrected chi connectivity index (χ3v) is 3.17. The highest BCUT2D eigenvalue weighted by Gasteiger charge is 2.17. The van der Waals surface area contributed by atoms with Gasteiger partial charge < -0.3 is 0 Å². The first-order valence-corrected chi connectivity index (χ1v) is 5.11. The maximum Gasteiger partial charge on any atom is 0.139 e. The van der Waals surface area contributed by atoms with Crippen molar-refractivity contribution in [3.05, 3.63) is 45.5 Å². The lowest BCUT2D eigenvalue weighted by atomic mass is 10.1. The molecule has 1 unspecified atom stereocenters. The van der Waals surface area contributed by atoms with E-state index in [0.717, 1.165) is 10.5 Å². The van der Waals surface area contributed by atoms with Crippen LogP contribution in [-0.2, 0) is 0 Å². The second-order valence-corrected chi connectivity index (χ2v) is 4.63. The summed E-state index contributed by atoms with van der Waals surface area (Å²) < 4.78 is 13.6. The molecule has 0 saturated carbocycles. The molecular formula is C11H11FS. The molecule has 2 bridgehead atoms. The Labute approximate surface area is 81.9 Å². The van der Waals surface area contributed by atoms with Crippen molar-refractivity contribution in [2.24, 2.45) is 5.92 Å². The third kappa shape index (κ3) is 1.63. The summed E-state index contributed by atoms with van der Waals surface area (Å²) in [4.78, 5) is 1.95. The van der Waals surface area contributed by atoms with Crippen molar-refractivity contribution in [1.29, 1.82) is 0 Å². The minimum atomic E-state index is -0.0730. The SMILES string of the molecule is CC1=CC2C=CC(C)=C(F)C(=C2)S1. The van der Waals surface area contributed by atoms with Crippen LogP contribution < -0.4 is 0 Å². The topological polar surface area (TPSA) is 0 Å². The largest absolute Gasteiger partial charge is 0.205 e. The molecule has 2 rings (SSSR count). The van der Waals surface area contributed by atoms with Crippen LogP contribution >= 0.6 is 11.8 Å². The van der Waals surface area contributed by atoms with Gasteiger partial charge in [0.1, 0.15) is 5.83 Å². The van der Waals surface area contributed by atoms with E-state index in [1.165, 1.54) is 16.7 Å². The number of hydrogen-bond donors (Lipinski definition) is 0. The number of fused-ring (bicyclic) bond motifs is 1. The van der Waals surface area contributed by atoms with E-state index in [1.807, 2.05) is 32.1 Å². The van der Waals surface area contributed by atoms with Gasteiger partial charge in [-0.3, -0.25) is 0 Å². The van der Waals surface area contributed by atoms with Crippen LogP contribution in [0.4, 0.5) is 4.39 Å². The summed E-state index contributed by atoms with van der Waals surface area (Å²) in [7, 11) is 0. The number of hydrogen-bond acceptors (Lipinski definition) is 1. The van der Waals surface area contributed by atoms with Crippen molar-refractivity contribution >= 4 is 11.8 Å². The molecule has 2 aliphatic rings. The third-order valence-electron chi connectivity index (χ3n) is 2.17. The van der Waals surface area contributed by atoms with E-state index >= 15 is 0 Å². The van der Waals surface area contributed by atoms with Gasteiger partial charge in [-0.25, -0.2) is 4.39 Å². The number of halogens is 1. The van der Waals surface area contributed by atoms with E-state index in [9.17, 15) is 4.39 Å². The first kappa shape index (κ1) is 8.82. The summed E-state index contributed by atoms with van der Waals surface area (Å²) in [6.07, 6.45) is 8.01. The van der Waals surface area contributed by atoms with Crippen LogP contribution in [0.5, 0.6) is 0 Å². The Morgan fingerprint density at radius 3 is 2.85 bits per heavy atom. The first-order valence-electron chi connectivity index (χ1n) is 4.30. The van der Waals surface area contributed by atoms with Crippen LogP contribution in [0.2, 0.25) is 0 Å². The number of allylic oxidation sites excluding steroid dienone is 7. The molecule has 0 aromatic rings. The lowest BCUT2D eigenvalue weighted by Gasteiger charge is -2.13. The molecule has 0 aromatic heterocycles. The molecule has 13 heavy (non-hydrogen) atoms. The van der Waals surface area contributed by atoms with Gasteiger partial charge in [-0.1, -0.05) is 36.1 Å². The minimum absolute atomic E-state index is 0.0730. The van der Waals surface area contributed by atoms with E-state index in [4.69, 9.17) is 0 Å². The number of rotatable bonds is 0. The fourth-order valence-electron chi connectivity index (χ4n) is 1.49. The van der Waals surface area contributed by atoms with Crippen molar-refractivity contribution in [2.75, 3.05) is 0 Å². The Kier molecular flexibility index (Phi) is 2.16. The van der Waals surface area contributed by atoms with Crippen LogP contribution in [0.15, 0.2) is 45.5 Å². The fraction of sp³-hybridized carbons (Fsp3) is 0.273. The smallest absolute Gasteiger partial charge is 0.139 e. The predicted molar refractivity (Wildman–Crippen MR) is 55.9 cm³/mol. The van der Waals surface area contributed by atoms with E-state index < -0.39 is 0 Å². The average molecular weight is 194 g/mol. The van der Waals surface area contributed by atoms with Crippen molar-refractivity contribution in [3.63, 3.8) is 0 Å². The van der Waals surface area contributed by atoms with Crippen molar-refractivity contribution in [3.8, 4) is 0 Å². The molecule has 1 aliphatic carbocycles. The van der Waals surface area contributed by atoms with Gasteiger partial charge in [-0.15, -0.1) is 0 Å². The molecule has 0 fully saturated rings. The van der Waals surface area contributed by atoms with Gasteiger partial charge in [-0.05, 0) is 24.3 Å². The molecule has 0 aromatic carbocycles. The highest BCUT2D eigenvalue weighted by Crippen LogP contribution is 2.40. The molecular weight excluding hydrogens is 183 g/mol. The second kappa shape index (κ2) is 3.18. The quantitative estimate of drug-likeness (QED) is 0.562. The van der Waals surface area contributed by atoms with Gasteiger partial charge >= 0.3 is 0 Å². The van der Waals surface area contributed by atoms with Crippen LogP contribution in [0.3, 0.4) is 0 Å². The van der Waals surface area contributed by atoms with Gasteiger partial charge in [0.15, 0.2) is 0 Å². The standard InChI is InChI=1S/C11H11FS/c1-7-3-4-9-5-8(2)13-10(6-9)11(7)12/h3-6,9H,1-2H3. The van der Waals surface area contributed by atoms with E-state index in [2.05, 4.69) is 6.08 Å². The zero-order valence-electron chi connectivity index (χ0n) is 7.67. The van der Waals surface area contributed by atoms with Crippen molar-refractivity contribution in [2.45, 2.75) is 13.8 Å². The van der Waals surface area contributed by atoms with Gasteiger partial charge in [0.05, 0.1) is 0 Å². The minimum Gasteiger partial charge on any atom is -0.205 e. The maximum atomic E-state index is 13.6. The Bertz CT molecular complexity index is 358. The molecule has 1 atom stereocenters. The van der Waals surface area contributed by atoms with E-state index in [1.54, 1.807) is 0 Å². The monoisotopic (exact) mass is 194 g/mol. The van der Waals surface area contributed by atoms with Crippen LogP contribution in [-0.4, -0.2) is 0 Å². The molecule has 1 aliphatic heterocycles. The average Bonchev–Trinajstić information content (AvgIpc) is 2.19. The summed E-state index contributed by atoms with van der Waals surface area (Å²) in [6, 6.07) is 0. The summed E-state index contributed by atoms with van der Waals surface area (Å²) in [5.41, 5.74) is 0.726. The highest BCUT2D eigenvalue weighted by molar-refractivity contribution is 8.07. The fourth-order valence-corrected chi connectivity index (χ4v) is 2.54. The van der Waals surface area contributed by atoms with Crippen LogP contribution in [0, 0.1) is 5.92 Å². The van der Waals surface area contributed by atoms with Gasteiger partial charge in [0.2, 0.25) is 0 Å². The second-order valence-electron chi connectivity index (χ2n) is 3.34. The molecule has 0 spiro atoms. The zero-order chi connectivity index (χ0) is 9.42. The van der Waals surface area contributed by atoms with E-state index in [0.29, 0.717) is 0 Å². The van der Waals surface area contributed by atoms with Crippen molar-refractivity contribution < 1.29 is 4.39 Å². The Morgan fingerprint density at radius 1 is 1.31 bits per heavy atom. The molecule has 0 amide bonds. The van der Waals surface area contributed by atoms with Crippen molar-refractivity contribution in [1.82, 2.24) is 0 Å². The Balaban J connectivity index is 2.45. The number of thioether (sulfide) groups is 1. The van der Waals surface area contributed by atoms with Gasteiger partial charge in [-0.2, -0.15) is 0 Å². The van der Waals surface area contributed by atoms with E-state index in [-0.39, 0.29) is 11.7 Å². The molecule has 0 radical (unpaired) electrons. The lowest BCUT2D eigenvalue weighted by Crippen LogP contribution is -1.94.